The van der Waals surface area contributed by atoms with Gasteiger partial charge in [-0.05, 0) is 47.1 Å². The van der Waals surface area contributed by atoms with Gasteiger partial charge in [0.1, 0.15) is 17.4 Å². The molecule has 6 heteroatoms. The van der Waals surface area contributed by atoms with Crippen molar-refractivity contribution in [2.24, 2.45) is 0 Å². The van der Waals surface area contributed by atoms with E-state index in [9.17, 15) is 0 Å². The van der Waals surface area contributed by atoms with Crippen molar-refractivity contribution in [1.82, 2.24) is 19.9 Å². The van der Waals surface area contributed by atoms with E-state index in [2.05, 4.69) is 67.7 Å². The second-order valence-corrected chi connectivity index (χ2v) is 6.92. The highest BCUT2D eigenvalue weighted by Gasteiger charge is 2.18. The van der Waals surface area contributed by atoms with E-state index in [1.807, 2.05) is 6.26 Å². The zero-order chi connectivity index (χ0) is 17.5. The highest BCUT2D eigenvalue weighted by atomic mass is 32.2. The number of nitrogens with one attached hydrogen (secondary N) is 1. The first-order valence-electron chi connectivity index (χ1n) is 8.32. The molecule has 1 aliphatic carbocycles. The van der Waals surface area contributed by atoms with E-state index in [-0.39, 0.29) is 0 Å². The Labute approximate surface area is 155 Å². The van der Waals surface area contributed by atoms with Gasteiger partial charge in [0.15, 0.2) is 11.0 Å². The molecule has 5 nitrogen and oxygen atoms in total. The molecular formula is C20H15N5S. The van der Waals surface area contributed by atoms with Crippen LogP contribution in [0.1, 0.15) is 11.1 Å². The molecule has 126 valence electrons. The van der Waals surface area contributed by atoms with Crippen molar-refractivity contribution in [3.63, 3.8) is 0 Å². The molecule has 0 unspecified atom stereocenters. The van der Waals surface area contributed by atoms with Gasteiger partial charge in [0, 0.05) is 5.69 Å². The van der Waals surface area contributed by atoms with Crippen LogP contribution in [0.5, 0.6) is 0 Å². The average Bonchev–Trinajstić information content (AvgIpc) is 3.05. The molecular weight excluding hydrogens is 342 g/mol. The first-order chi connectivity index (χ1) is 12.8. The van der Waals surface area contributed by atoms with Gasteiger partial charge in [0.25, 0.3) is 0 Å². The van der Waals surface area contributed by atoms with Crippen LogP contribution in [0.4, 0.5) is 11.5 Å². The summed E-state index contributed by atoms with van der Waals surface area (Å²) >= 11 is 1.50. The molecule has 1 N–H and O–H groups in total. The molecule has 0 bridgehead atoms. The van der Waals surface area contributed by atoms with Gasteiger partial charge in [0.2, 0.25) is 0 Å². The number of benzene rings is 2. The van der Waals surface area contributed by atoms with Crippen LogP contribution in [0.2, 0.25) is 0 Å². The number of anilines is 2. The third-order valence-corrected chi connectivity index (χ3v) is 5.16. The van der Waals surface area contributed by atoms with Crippen molar-refractivity contribution < 1.29 is 0 Å². The molecule has 0 saturated heterocycles. The standard InChI is InChI=1S/C20H15N5S/c1-26-20-21-10-17-18(25-20)19(23-11-22-17)24-14-6-7-16-13(9-14)8-12-4-2-3-5-15(12)16/h2-7,9-11H,8H2,1H3,(H,22,23,24). The maximum absolute atomic E-state index is 4.56. The summed E-state index contributed by atoms with van der Waals surface area (Å²) in [5, 5.41) is 4.11. The molecule has 2 aromatic carbocycles. The lowest BCUT2D eigenvalue weighted by molar-refractivity contribution is 0.993. The molecule has 0 amide bonds. The van der Waals surface area contributed by atoms with Crippen LogP contribution in [0.3, 0.4) is 0 Å². The topological polar surface area (TPSA) is 63.6 Å². The Hall–Kier alpha value is -2.99. The van der Waals surface area contributed by atoms with Crippen LogP contribution in [-0.2, 0) is 6.42 Å². The minimum Gasteiger partial charge on any atom is -0.338 e. The van der Waals surface area contributed by atoms with E-state index in [1.165, 1.54) is 40.3 Å². The van der Waals surface area contributed by atoms with Crippen molar-refractivity contribution >= 4 is 34.3 Å². The fourth-order valence-corrected chi connectivity index (χ4v) is 3.73. The maximum atomic E-state index is 4.56. The number of nitrogens with zero attached hydrogens (tertiary/aromatic N) is 4. The molecule has 26 heavy (non-hydrogen) atoms. The monoisotopic (exact) mass is 357 g/mol. The Morgan fingerprint density at radius 3 is 2.77 bits per heavy atom. The molecule has 1 aliphatic rings. The van der Waals surface area contributed by atoms with Gasteiger partial charge in [-0.3, -0.25) is 0 Å². The SMILES string of the molecule is CSc1ncc2ncnc(Nc3ccc4c(c3)Cc3ccccc3-4)c2n1. The summed E-state index contributed by atoms with van der Waals surface area (Å²) in [6, 6.07) is 15.0. The van der Waals surface area contributed by atoms with Gasteiger partial charge in [0.05, 0.1) is 6.20 Å². The third kappa shape index (κ3) is 2.50. The average molecular weight is 357 g/mol. The lowest BCUT2D eigenvalue weighted by Crippen LogP contribution is -1.99. The third-order valence-electron chi connectivity index (χ3n) is 4.59. The van der Waals surface area contributed by atoms with Gasteiger partial charge >= 0.3 is 0 Å². The lowest BCUT2D eigenvalue weighted by Gasteiger charge is -2.10. The van der Waals surface area contributed by atoms with Crippen molar-refractivity contribution in [2.75, 3.05) is 11.6 Å². The molecule has 0 fully saturated rings. The Bertz CT molecular complexity index is 1140. The smallest absolute Gasteiger partial charge is 0.188 e. The Kier molecular flexibility index (Phi) is 3.57. The second-order valence-electron chi connectivity index (χ2n) is 6.14. The first-order valence-corrected chi connectivity index (χ1v) is 9.54. The van der Waals surface area contributed by atoms with Crippen LogP contribution in [0.15, 0.2) is 60.1 Å². The van der Waals surface area contributed by atoms with E-state index in [0.29, 0.717) is 11.0 Å². The number of fused-ring (bicyclic) bond motifs is 4. The van der Waals surface area contributed by atoms with Crippen molar-refractivity contribution in [3.05, 3.63) is 66.1 Å². The van der Waals surface area contributed by atoms with Crippen LogP contribution in [-0.4, -0.2) is 26.2 Å². The fraction of sp³-hybridized carbons (Fsp3) is 0.100. The Balaban J connectivity index is 1.53. The fourth-order valence-electron chi connectivity index (χ4n) is 3.39. The van der Waals surface area contributed by atoms with E-state index in [1.54, 1.807) is 6.20 Å². The lowest BCUT2D eigenvalue weighted by atomic mass is 10.1. The van der Waals surface area contributed by atoms with E-state index in [4.69, 9.17) is 0 Å². The normalized spacial score (nSPS) is 12.0. The molecule has 4 aromatic rings. The van der Waals surface area contributed by atoms with E-state index < -0.39 is 0 Å². The predicted molar refractivity (Wildman–Crippen MR) is 105 cm³/mol. The number of hydrogen-bond acceptors (Lipinski definition) is 6. The van der Waals surface area contributed by atoms with Crippen molar-refractivity contribution in [3.8, 4) is 11.1 Å². The zero-order valence-electron chi connectivity index (χ0n) is 14.1. The largest absolute Gasteiger partial charge is 0.338 e. The second kappa shape index (κ2) is 6.07. The number of aromatic nitrogens is 4. The van der Waals surface area contributed by atoms with E-state index in [0.717, 1.165) is 23.1 Å². The zero-order valence-corrected chi connectivity index (χ0v) is 14.9. The first kappa shape index (κ1) is 15.3. The van der Waals surface area contributed by atoms with Gasteiger partial charge in [-0.1, -0.05) is 42.1 Å². The summed E-state index contributed by atoms with van der Waals surface area (Å²) in [6.45, 7) is 0. The molecule has 0 aliphatic heterocycles. The molecule has 2 aromatic heterocycles. The van der Waals surface area contributed by atoms with Crippen molar-refractivity contribution in [2.45, 2.75) is 11.6 Å². The minimum atomic E-state index is 0.697. The molecule has 0 spiro atoms. The van der Waals surface area contributed by atoms with E-state index >= 15 is 0 Å². The Morgan fingerprint density at radius 2 is 1.85 bits per heavy atom. The Morgan fingerprint density at radius 1 is 0.962 bits per heavy atom. The minimum absolute atomic E-state index is 0.697. The van der Waals surface area contributed by atoms with Crippen LogP contribution >= 0.6 is 11.8 Å². The van der Waals surface area contributed by atoms with Crippen LogP contribution in [0, 0.1) is 0 Å². The van der Waals surface area contributed by atoms with Crippen LogP contribution in [0.25, 0.3) is 22.2 Å². The molecule has 0 saturated carbocycles. The van der Waals surface area contributed by atoms with Gasteiger partial charge in [-0.15, -0.1) is 0 Å². The van der Waals surface area contributed by atoms with Gasteiger partial charge < -0.3 is 5.32 Å². The molecule has 2 heterocycles. The quantitative estimate of drug-likeness (QED) is 0.380. The van der Waals surface area contributed by atoms with Gasteiger partial charge in [-0.2, -0.15) is 0 Å². The summed E-state index contributed by atoms with van der Waals surface area (Å²) < 4.78 is 0. The predicted octanol–water partition coefficient (Wildman–Crippen LogP) is 4.46. The summed E-state index contributed by atoms with van der Waals surface area (Å²) in [5.74, 6) is 0.697. The molecule has 5 rings (SSSR count). The summed E-state index contributed by atoms with van der Waals surface area (Å²) in [6.07, 6.45) is 6.19. The highest BCUT2D eigenvalue weighted by molar-refractivity contribution is 7.98. The molecule has 0 atom stereocenters. The maximum Gasteiger partial charge on any atom is 0.188 e. The summed E-state index contributed by atoms with van der Waals surface area (Å²) in [7, 11) is 0. The van der Waals surface area contributed by atoms with Crippen molar-refractivity contribution in [1.29, 1.82) is 0 Å². The van der Waals surface area contributed by atoms with Crippen LogP contribution < -0.4 is 5.32 Å². The number of thioether (sulfide) groups is 1. The summed E-state index contributed by atoms with van der Waals surface area (Å²) in [4.78, 5) is 17.5. The summed E-state index contributed by atoms with van der Waals surface area (Å²) in [5.41, 5.74) is 7.81. The highest BCUT2D eigenvalue weighted by Crippen LogP contribution is 2.38. The number of rotatable bonds is 3. The molecule has 0 radical (unpaired) electrons. The van der Waals surface area contributed by atoms with Gasteiger partial charge in [-0.25, -0.2) is 19.9 Å². The number of hydrogen-bond donors (Lipinski definition) is 1.